The van der Waals surface area contributed by atoms with Crippen LogP contribution in [0, 0.1) is 20.8 Å². The average molecular weight is 414 g/mol. The molecule has 0 bridgehead atoms. The van der Waals surface area contributed by atoms with Crippen LogP contribution in [-0.4, -0.2) is 35.4 Å². The molecule has 1 N–H and O–H groups in total. The lowest BCUT2D eigenvalue weighted by Crippen LogP contribution is -2.30. The average Bonchev–Trinajstić information content (AvgIpc) is 3.22. The minimum Gasteiger partial charge on any atom is -0.507 e. The van der Waals surface area contributed by atoms with E-state index in [0.29, 0.717) is 17.9 Å². The maximum Gasteiger partial charge on any atom is 0.295 e. The number of ether oxygens (including phenoxy) is 1. The number of aryl methyl sites for hydroxylation is 3. The molecule has 1 aliphatic heterocycles. The molecule has 0 aliphatic carbocycles. The van der Waals surface area contributed by atoms with Gasteiger partial charge in [-0.3, -0.25) is 9.59 Å². The van der Waals surface area contributed by atoms with Gasteiger partial charge in [0.1, 0.15) is 11.5 Å². The van der Waals surface area contributed by atoms with E-state index in [1.165, 1.54) is 11.3 Å². The van der Waals surface area contributed by atoms with Gasteiger partial charge in [0.25, 0.3) is 11.7 Å². The van der Waals surface area contributed by atoms with Gasteiger partial charge in [0.05, 0.1) is 18.7 Å². The predicted octanol–water partition coefficient (Wildman–Crippen LogP) is 4.90. The van der Waals surface area contributed by atoms with Crippen LogP contribution in [0.4, 0.5) is 0 Å². The van der Waals surface area contributed by atoms with E-state index in [9.17, 15) is 14.7 Å². The Labute approximate surface area is 175 Å². The second-order valence-electron chi connectivity index (χ2n) is 7.45. The number of methoxy groups -OCH3 is 1. The van der Waals surface area contributed by atoms with Gasteiger partial charge >= 0.3 is 0 Å². The largest absolute Gasteiger partial charge is 0.507 e. The number of aliphatic hydroxyl groups excluding tert-OH is 1. The molecule has 1 saturated heterocycles. The number of hydrogen-bond donors (Lipinski definition) is 1. The van der Waals surface area contributed by atoms with Gasteiger partial charge in [0.15, 0.2) is 0 Å². The number of carbonyl (C=O) groups is 2. The van der Waals surface area contributed by atoms with E-state index in [4.69, 9.17) is 4.74 Å². The summed E-state index contributed by atoms with van der Waals surface area (Å²) >= 11 is 1.51. The van der Waals surface area contributed by atoms with E-state index in [0.717, 1.165) is 34.4 Å². The van der Waals surface area contributed by atoms with Crippen molar-refractivity contribution in [3.8, 4) is 5.75 Å². The van der Waals surface area contributed by atoms with Gasteiger partial charge in [0, 0.05) is 17.0 Å². The third kappa shape index (κ3) is 3.69. The highest BCUT2D eigenvalue weighted by Gasteiger charge is 2.46. The molecule has 0 spiro atoms. The summed E-state index contributed by atoms with van der Waals surface area (Å²) in [7, 11) is 1.60. The monoisotopic (exact) mass is 413 g/mol. The topological polar surface area (TPSA) is 66.8 Å². The number of aliphatic hydroxyl groups is 1. The van der Waals surface area contributed by atoms with E-state index >= 15 is 0 Å². The van der Waals surface area contributed by atoms with Gasteiger partial charge in [-0.1, -0.05) is 13.3 Å². The Balaban J connectivity index is 2.21. The Morgan fingerprint density at radius 3 is 2.48 bits per heavy atom. The van der Waals surface area contributed by atoms with Crippen LogP contribution in [0.1, 0.15) is 52.9 Å². The fourth-order valence-electron chi connectivity index (χ4n) is 3.79. The number of thiophene rings is 1. The summed E-state index contributed by atoms with van der Waals surface area (Å²) in [5.41, 5.74) is 3.37. The molecule has 2 heterocycles. The standard InChI is InChI=1S/C23H27NO4S/c1-6-7-9-24-19(22-13(2)8-10-29-22)18(21(26)23(24)27)20(25)16-11-15(4)17(28-5)12-14(16)3/h8,10-12,19,25H,6-7,9H2,1-5H3/b20-18+. The van der Waals surface area contributed by atoms with E-state index in [1.54, 1.807) is 18.1 Å². The van der Waals surface area contributed by atoms with Crippen LogP contribution in [0.15, 0.2) is 29.2 Å². The number of likely N-dealkylation sites (tertiary alicyclic amines) is 1. The third-order valence-electron chi connectivity index (χ3n) is 5.44. The van der Waals surface area contributed by atoms with Crippen molar-refractivity contribution in [2.24, 2.45) is 0 Å². The lowest BCUT2D eigenvalue weighted by Gasteiger charge is -2.25. The molecule has 1 unspecified atom stereocenters. The van der Waals surface area contributed by atoms with Crippen molar-refractivity contribution in [3.63, 3.8) is 0 Å². The van der Waals surface area contributed by atoms with Crippen molar-refractivity contribution in [2.75, 3.05) is 13.7 Å². The maximum atomic E-state index is 13.0. The summed E-state index contributed by atoms with van der Waals surface area (Å²) in [5.74, 6) is -0.568. The van der Waals surface area contributed by atoms with Crippen molar-refractivity contribution >= 4 is 28.8 Å². The summed E-state index contributed by atoms with van der Waals surface area (Å²) in [5, 5.41) is 13.2. The second-order valence-corrected chi connectivity index (χ2v) is 8.40. The fourth-order valence-corrected chi connectivity index (χ4v) is 4.83. The zero-order valence-corrected chi connectivity index (χ0v) is 18.4. The van der Waals surface area contributed by atoms with E-state index in [1.807, 2.05) is 45.2 Å². The lowest BCUT2D eigenvalue weighted by atomic mass is 9.95. The molecular formula is C23H27NO4S. The van der Waals surface area contributed by atoms with Gasteiger partial charge in [-0.2, -0.15) is 0 Å². The van der Waals surface area contributed by atoms with Crippen LogP contribution in [0.3, 0.4) is 0 Å². The predicted molar refractivity (Wildman–Crippen MR) is 115 cm³/mol. The zero-order valence-electron chi connectivity index (χ0n) is 17.5. The molecule has 1 aromatic heterocycles. The van der Waals surface area contributed by atoms with Crippen LogP contribution >= 0.6 is 11.3 Å². The SMILES string of the molecule is CCCCN1C(=O)C(=O)/C(=C(/O)c2cc(C)c(OC)cc2C)C1c1sccc1C. The number of hydrogen-bond acceptors (Lipinski definition) is 5. The third-order valence-corrected chi connectivity index (χ3v) is 6.51. The van der Waals surface area contributed by atoms with E-state index in [-0.39, 0.29) is 11.3 Å². The van der Waals surface area contributed by atoms with E-state index < -0.39 is 17.7 Å². The minimum atomic E-state index is -0.621. The number of Topliss-reactive ketones (excluding diaryl/α,β-unsaturated/α-hetero) is 1. The molecule has 5 nitrogen and oxygen atoms in total. The summed E-state index contributed by atoms with van der Waals surface area (Å²) in [4.78, 5) is 28.4. The van der Waals surface area contributed by atoms with Gasteiger partial charge in [0.2, 0.25) is 0 Å². The summed E-state index contributed by atoms with van der Waals surface area (Å²) in [6, 6.07) is 5.07. The summed E-state index contributed by atoms with van der Waals surface area (Å²) < 4.78 is 5.36. The first-order valence-corrected chi connectivity index (χ1v) is 10.7. The quantitative estimate of drug-likeness (QED) is 0.415. The number of nitrogens with zero attached hydrogens (tertiary/aromatic N) is 1. The highest BCUT2D eigenvalue weighted by molar-refractivity contribution is 7.10. The molecule has 1 amide bonds. The van der Waals surface area contributed by atoms with Crippen molar-refractivity contribution in [1.29, 1.82) is 0 Å². The first-order valence-electron chi connectivity index (χ1n) is 9.79. The molecule has 2 aromatic rings. The number of carbonyl (C=O) groups excluding carboxylic acids is 2. The Morgan fingerprint density at radius 2 is 1.90 bits per heavy atom. The number of unbranched alkanes of at least 4 members (excludes halogenated alkanes) is 1. The van der Waals surface area contributed by atoms with Crippen LogP contribution in [0.5, 0.6) is 5.75 Å². The molecule has 6 heteroatoms. The van der Waals surface area contributed by atoms with Crippen molar-refractivity contribution < 1.29 is 19.4 Å². The number of rotatable bonds is 6. The number of benzene rings is 1. The van der Waals surface area contributed by atoms with Crippen LogP contribution in [0.2, 0.25) is 0 Å². The second kappa shape index (κ2) is 8.41. The van der Waals surface area contributed by atoms with E-state index in [2.05, 4.69) is 0 Å². The minimum absolute atomic E-state index is 0.122. The number of amides is 1. The summed E-state index contributed by atoms with van der Waals surface area (Å²) in [6.45, 7) is 8.24. The Hall–Kier alpha value is -2.60. The van der Waals surface area contributed by atoms with Gasteiger partial charge in [-0.15, -0.1) is 11.3 Å². The lowest BCUT2D eigenvalue weighted by molar-refractivity contribution is -0.139. The molecule has 3 rings (SSSR count). The van der Waals surface area contributed by atoms with Crippen LogP contribution in [0.25, 0.3) is 5.76 Å². The number of ketones is 1. The molecular weight excluding hydrogens is 386 g/mol. The molecule has 29 heavy (non-hydrogen) atoms. The fraction of sp³-hybridized carbons (Fsp3) is 0.391. The molecule has 0 saturated carbocycles. The first-order chi connectivity index (χ1) is 13.8. The zero-order chi connectivity index (χ0) is 21.3. The smallest absolute Gasteiger partial charge is 0.295 e. The normalized spacial score (nSPS) is 18.5. The molecule has 1 atom stereocenters. The van der Waals surface area contributed by atoms with Gasteiger partial charge in [-0.05, 0) is 67.5 Å². The molecule has 1 fully saturated rings. The van der Waals surface area contributed by atoms with Crippen LogP contribution in [-0.2, 0) is 9.59 Å². The summed E-state index contributed by atoms with van der Waals surface area (Å²) in [6.07, 6.45) is 1.71. The van der Waals surface area contributed by atoms with Gasteiger partial charge < -0.3 is 14.7 Å². The van der Waals surface area contributed by atoms with Crippen molar-refractivity contribution in [1.82, 2.24) is 4.90 Å². The molecule has 1 aliphatic rings. The Morgan fingerprint density at radius 1 is 1.17 bits per heavy atom. The highest BCUT2D eigenvalue weighted by atomic mass is 32.1. The first kappa shape index (κ1) is 21.1. The Kier molecular flexibility index (Phi) is 6.13. The van der Waals surface area contributed by atoms with Gasteiger partial charge in [-0.25, -0.2) is 0 Å². The van der Waals surface area contributed by atoms with Crippen molar-refractivity contribution in [3.05, 3.63) is 56.3 Å². The molecule has 154 valence electrons. The highest BCUT2D eigenvalue weighted by Crippen LogP contribution is 2.43. The van der Waals surface area contributed by atoms with Crippen LogP contribution < -0.4 is 4.74 Å². The molecule has 0 radical (unpaired) electrons. The van der Waals surface area contributed by atoms with Crippen molar-refractivity contribution in [2.45, 2.75) is 46.6 Å². The Bertz CT molecular complexity index is 989. The maximum absolute atomic E-state index is 13.0. The molecule has 1 aromatic carbocycles.